The van der Waals surface area contributed by atoms with Gasteiger partial charge in [-0.2, -0.15) is 0 Å². The number of nitrogens with two attached hydrogens (primary N) is 1. The Morgan fingerprint density at radius 2 is 2.19 bits per heavy atom. The first-order valence-electron chi connectivity index (χ1n) is 5.82. The zero-order valence-electron chi connectivity index (χ0n) is 9.55. The monoisotopic (exact) mass is 219 g/mol. The average Bonchev–Trinajstić information content (AvgIpc) is 2.65. The molecule has 16 heavy (non-hydrogen) atoms. The Hall–Kier alpha value is -1.13. The van der Waals surface area contributed by atoms with Crippen molar-refractivity contribution < 1.29 is 4.74 Å². The summed E-state index contributed by atoms with van der Waals surface area (Å²) in [7, 11) is 0. The van der Waals surface area contributed by atoms with Crippen LogP contribution in [0.5, 0.6) is 0 Å². The van der Waals surface area contributed by atoms with Crippen LogP contribution in [0.2, 0.25) is 0 Å². The molecule has 0 amide bonds. The van der Waals surface area contributed by atoms with Gasteiger partial charge in [0.2, 0.25) is 0 Å². The van der Waals surface area contributed by atoms with Crippen molar-refractivity contribution in [3.05, 3.63) is 22.9 Å². The van der Waals surface area contributed by atoms with Gasteiger partial charge in [0.1, 0.15) is 5.82 Å². The Morgan fingerprint density at radius 3 is 2.94 bits per heavy atom. The maximum Gasteiger partial charge on any atom is 0.126 e. The van der Waals surface area contributed by atoms with Gasteiger partial charge < -0.3 is 15.8 Å². The van der Waals surface area contributed by atoms with Crippen molar-refractivity contribution in [3.63, 3.8) is 0 Å². The molecule has 3 heterocycles. The maximum atomic E-state index is 6.05. The predicted molar refractivity (Wildman–Crippen MR) is 62.0 cm³/mol. The fourth-order valence-electron chi connectivity index (χ4n) is 2.93. The van der Waals surface area contributed by atoms with E-state index in [9.17, 15) is 0 Å². The molecule has 0 aromatic carbocycles. The smallest absolute Gasteiger partial charge is 0.126 e. The lowest BCUT2D eigenvalue weighted by Crippen LogP contribution is -2.40. The van der Waals surface area contributed by atoms with Crippen LogP contribution < -0.4 is 11.1 Å². The molecule has 2 aliphatic rings. The highest BCUT2D eigenvalue weighted by Gasteiger charge is 2.42. The molecule has 1 aromatic rings. The number of nitrogens with zero attached hydrogens (tertiary/aromatic N) is 1. The number of anilines is 1. The highest BCUT2D eigenvalue weighted by Crippen LogP contribution is 2.45. The van der Waals surface area contributed by atoms with E-state index in [1.54, 1.807) is 0 Å². The molecular weight excluding hydrogens is 202 g/mol. The number of rotatable bonds is 0. The molecule has 0 aliphatic carbocycles. The summed E-state index contributed by atoms with van der Waals surface area (Å²) in [4.78, 5) is 4.21. The highest BCUT2D eigenvalue weighted by molar-refractivity contribution is 5.51. The Labute approximate surface area is 95.2 Å². The summed E-state index contributed by atoms with van der Waals surface area (Å²) in [5.74, 6) is 0.641. The molecule has 2 aliphatic heterocycles. The number of nitrogen functional groups attached to an aromatic ring is 1. The van der Waals surface area contributed by atoms with E-state index in [0.717, 1.165) is 31.5 Å². The number of hydrogen-bond acceptors (Lipinski definition) is 4. The first kappa shape index (κ1) is 10.1. The lowest BCUT2D eigenvalue weighted by atomic mass is 9.82. The minimum absolute atomic E-state index is 0.0955. The van der Waals surface area contributed by atoms with Gasteiger partial charge in [0, 0.05) is 11.8 Å². The van der Waals surface area contributed by atoms with Crippen molar-refractivity contribution >= 4 is 5.82 Å². The van der Waals surface area contributed by atoms with Gasteiger partial charge in [-0.3, -0.25) is 0 Å². The minimum Gasteiger partial charge on any atom is -0.383 e. The van der Waals surface area contributed by atoms with E-state index in [0.29, 0.717) is 12.4 Å². The second-order valence-corrected chi connectivity index (χ2v) is 4.70. The third kappa shape index (κ3) is 1.26. The van der Waals surface area contributed by atoms with E-state index in [4.69, 9.17) is 10.5 Å². The molecule has 4 nitrogen and oxygen atoms in total. The molecule has 0 unspecified atom stereocenters. The van der Waals surface area contributed by atoms with Crippen LogP contribution in [0, 0.1) is 6.92 Å². The van der Waals surface area contributed by atoms with Gasteiger partial charge in [-0.05, 0) is 44.0 Å². The van der Waals surface area contributed by atoms with Gasteiger partial charge in [-0.25, -0.2) is 4.98 Å². The summed E-state index contributed by atoms with van der Waals surface area (Å²) in [6, 6.07) is 0. The lowest BCUT2D eigenvalue weighted by Gasteiger charge is -2.34. The van der Waals surface area contributed by atoms with Crippen LogP contribution in [0.1, 0.15) is 29.5 Å². The topological polar surface area (TPSA) is 60.2 Å². The Morgan fingerprint density at radius 1 is 1.44 bits per heavy atom. The Kier molecular flexibility index (Phi) is 2.16. The zero-order chi connectivity index (χ0) is 11.2. The maximum absolute atomic E-state index is 6.05. The number of pyridine rings is 1. The first-order valence-corrected chi connectivity index (χ1v) is 5.82. The number of hydrogen-bond donors (Lipinski definition) is 2. The number of piperidine rings is 1. The van der Waals surface area contributed by atoms with Gasteiger partial charge in [-0.1, -0.05) is 0 Å². The standard InChI is InChI=1S/C12H17N3O/c1-8-10-9(6-15-11(8)13)7-16-12(10)2-4-14-5-3-12/h6,14H,2-5,7H2,1H3,(H2,13,15). The molecule has 86 valence electrons. The second kappa shape index (κ2) is 3.43. The van der Waals surface area contributed by atoms with Crippen molar-refractivity contribution in [2.24, 2.45) is 0 Å². The van der Waals surface area contributed by atoms with Crippen molar-refractivity contribution in [3.8, 4) is 0 Å². The quantitative estimate of drug-likeness (QED) is 0.685. The number of fused-ring (bicyclic) bond motifs is 2. The van der Waals surface area contributed by atoms with Gasteiger partial charge >= 0.3 is 0 Å². The molecule has 0 saturated carbocycles. The highest BCUT2D eigenvalue weighted by atomic mass is 16.5. The van der Waals surface area contributed by atoms with E-state index >= 15 is 0 Å². The van der Waals surface area contributed by atoms with Crippen molar-refractivity contribution in [1.29, 1.82) is 0 Å². The van der Waals surface area contributed by atoms with Gasteiger partial charge in [0.05, 0.1) is 12.2 Å². The average molecular weight is 219 g/mol. The summed E-state index contributed by atoms with van der Waals surface area (Å²) in [5, 5.41) is 3.37. The van der Waals surface area contributed by atoms with Crippen LogP contribution in [-0.2, 0) is 16.9 Å². The molecule has 3 N–H and O–H groups in total. The summed E-state index contributed by atoms with van der Waals surface area (Å²) < 4.78 is 6.05. The fourth-order valence-corrected chi connectivity index (χ4v) is 2.93. The molecule has 1 aromatic heterocycles. The van der Waals surface area contributed by atoms with E-state index in [1.807, 2.05) is 6.20 Å². The van der Waals surface area contributed by atoms with E-state index in [-0.39, 0.29) is 5.60 Å². The Bertz CT molecular complexity index is 419. The molecular formula is C12H17N3O. The summed E-state index contributed by atoms with van der Waals surface area (Å²) in [6.45, 7) is 4.77. The van der Waals surface area contributed by atoms with Crippen LogP contribution in [0.15, 0.2) is 6.20 Å². The normalized spacial score (nSPS) is 22.3. The molecule has 3 rings (SSSR count). The molecule has 1 saturated heterocycles. The molecule has 0 radical (unpaired) electrons. The number of nitrogens with one attached hydrogen (secondary N) is 1. The first-order chi connectivity index (χ1) is 7.73. The van der Waals surface area contributed by atoms with E-state index < -0.39 is 0 Å². The van der Waals surface area contributed by atoms with Crippen molar-refractivity contribution in [1.82, 2.24) is 10.3 Å². The van der Waals surface area contributed by atoms with Crippen molar-refractivity contribution in [2.45, 2.75) is 32.0 Å². The molecule has 0 bridgehead atoms. The fraction of sp³-hybridized carbons (Fsp3) is 0.583. The summed E-state index contributed by atoms with van der Waals surface area (Å²) >= 11 is 0. The van der Waals surface area contributed by atoms with Crippen LogP contribution in [0.3, 0.4) is 0 Å². The summed E-state index contributed by atoms with van der Waals surface area (Å²) in [5.41, 5.74) is 9.44. The van der Waals surface area contributed by atoms with Crippen LogP contribution in [-0.4, -0.2) is 18.1 Å². The van der Waals surface area contributed by atoms with Gasteiger partial charge in [0.25, 0.3) is 0 Å². The Balaban J connectivity index is 2.13. The predicted octanol–water partition coefficient (Wildman–Crippen LogP) is 1.08. The zero-order valence-corrected chi connectivity index (χ0v) is 9.55. The number of aromatic nitrogens is 1. The second-order valence-electron chi connectivity index (χ2n) is 4.70. The van der Waals surface area contributed by atoms with Gasteiger partial charge in [0.15, 0.2) is 0 Å². The molecule has 4 heteroatoms. The largest absolute Gasteiger partial charge is 0.383 e. The SMILES string of the molecule is Cc1c(N)ncc2c1C1(CCNCC1)OC2. The lowest BCUT2D eigenvalue weighted by molar-refractivity contribution is -0.0592. The minimum atomic E-state index is -0.0955. The van der Waals surface area contributed by atoms with Crippen LogP contribution in [0.4, 0.5) is 5.82 Å². The van der Waals surface area contributed by atoms with E-state index in [1.165, 1.54) is 11.1 Å². The molecule has 1 fully saturated rings. The number of ether oxygens (including phenoxy) is 1. The van der Waals surface area contributed by atoms with Crippen LogP contribution in [0.25, 0.3) is 0 Å². The third-order valence-electron chi connectivity index (χ3n) is 3.81. The summed E-state index contributed by atoms with van der Waals surface area (Å²) in [6.07, 6.45) is 3.93. The molecule has 1 spiro atoms. The van der Waals surface area contributed by atoms with Crippen LogP contribution >= 0.6 is 0 Å². The van der Waals surface area contributed by atoms with E-state index in [2.05, 4.69) is 17.2 Å². The molecule has 0 atom stereocenters. The third-order valence-corrected chi connectivity index (χ3v) is 3.81. The van der Waals surface area contributed by atoms with Crippen molar-refractivity contribution in [2.75, 3.05) is 18.8 Å². The van der Waals surface area contributed by atoms with Gasteiger partial charge in [-0.15, -0.1) is 0 Å².